The van der Waals surface area contributed by atoms with Gasteiger partial charge >= 0.3 is 0 Å². The molecule has 1 heterocycles. The molecule has 0 spiro atoms. The topological polar surface area (TPSA) is 22.1 Å². The fraction of sp³-hybridized carbons (Fsp3) is 0.593. The molecule has 1 aromatic carbocycles. The van der Waals surface area contributed by atoms with Crippen LogP contribution in [0.25, 0.3) is 0 Å². The van der Waals surface area contributed by atoms with E-state index in [2.05, 4.69) is 63.4 Å². The third kappa shape index (κ3) is 9.02. The Balaban J connectivity index is 1.76. The van der Waals surface area contributed by atoms with Crippen molar-refractivity contribution >= 4 is 0 Å². The van der Waals surface area contributed by atoms with Gasteiger partial charge in [0.15, 0.2) is 0 Å². The van der Waals surface area contributed by atoms with E-state index in [9.17, 15) is 0 Å². The van der Waals surface area contributed by atoms with Crippen molar-refractivity contribution in [3.05, 3.63) is 59.4 Å². The maximum atomic E-state index is 5.89. The molecule has 0 saturated heterocycles. The van der Waals surface area contributed by atoms with Crippen LogP contribution in [0.1, 0.15) is 108 Å². The van der Waals surface area contributed by atoms with E-state index in [0.29, 0.717) is 5.92 Å². The summed E-state index contributed by atoms with van der Waals surface area (Å²) < 4.78 is 5.89. The van der Waals surface area contributed by atoms with Crippen molar-refractivity contribution in [1.29, 1.82) is 0 Å². The molecule has 0 fully saturated rings. The summed E-state index contributed by atoms with van der Waals surface area (Å²) in [6, 6.07) is 13.0. The first-order valence-electron chi connectivity index (χ1n) is 11.9. The third-order valence-corrected chi connectivity index (χ3v) is 5.76. The highest BCUT2D eigenvalue weighted by Crippen LogP contribution is 2.25. The highest BCUT2D eigenvalue weighted by atomic mass is 16.5. The van der Waals surface area contributed by atoms with E-state index < -0.39 is 0 Å². The van der Waals surface area contributed by atoms with Crippen LogP contribution in [0, 0.1) is 0 Å². The van der Waals surface area contributed by atoms with Gasteiger partial charge in [-0.3, -0.25) is 4.98 Å². The van der Waals surface area contributed by atoms with Crippen LogP contribution in [0.3, 0.4) is 0 Å². The van der Waals surface area contributed by atoms with Crippen molar-refractivity contribution < 1.29 is 4.74 Å². The Kier molecular flexibility index (Phi) is 11.5. The predicted molar refractivity (Wildman–Crippen MR) is 125 cm³/mol. The van der Waals surface area contributed by atoms with E-state index in [1.54, 1.807) is 0 Å². The Morgan fingerprint density at radius 2 is 1.41 bits per heavy atom. The first kappa shape index (κ1) is 23.4. The standard InChI is InChI=1S/C27H41NO/c1-4-6-8-10-12-14-24-15-20-27(28-22-24)23(3)25-16-18-26(19-17-25)29-21-13-11-9-7-5-2/h15-20,22-23H,4-14,21H2,1-3H3. The van der Waals surface area contributed by atoms with Gasteiger partial charge in [-0.05, 0) is 48.6 Å². The van der Waals surface area contributed by atoms with Crippen LogP contribution in [-0.4, -0.2) is 11.6 Å². The second-order valence-electron chi connectivity index (χ2n) is 8.31. The van der Waals surface area contributed by atoms with E-state index in [-0.39, 0.29) is 0 Å². The van der Waals surface area contributed by atoms with E-state index >= 15 is 0 Å². The highest BCUT2D eigenvalue weighted by Gasteiger charge is 2.10. The molecule has 0 saturated carbocycles. The van der Waals surface area contributed by atoms with Crippen molar-refractivity contribution in [1.82, 2.24) is 4.98 Å². The van der Waals surface area contributed by atoms with Crippen LogP contribution in [-0.2, 0) is 6.42 Å². The lowest BCUT2D eigenvalue weighted by molar-refractivity contribution is 0.304. The number of hydrogen-bond donors (Lipinski definition) is 0. The molecular formula is C27H41NO. The van der Waals surface area contributed by atoms with E-state index in [0.717, 1.165) is 30.9 Å². The number of ether oxygens (including phenoxy) is 1. The zero-order chi connectivity index (χ0) is 20.7. The molecule has 0 aliphatic rings. The zero-order valence-electron chi connectivity index (χ0n) is 19.0. The Morgan fingerprint density at radius 1 is 0.759 bits per heavy atom. The number of nitrogens with zero attached hydrogens (tertiary/aromatic N) is 1. The van der Waals surface area contributed by atoms with Gasteiger partial charge in [-0.1, -0.05) is 90.3 Å². The first-order chi connectivity index (χ1) is 14.2. The van der Waals surface area contributed by atoms with Gasteiger partial charge < -0.3 is 4.74 Å². The van der Waals surface area contributed by atoms with Gasteiger partial charge in [-0.25, -0.2) is 0 Å². The lowest BCUT2D eigenvalue weighted by Gasteiger charge is -2.13. The van der Waals surface area contributed by atoms with Crippen LogP contribution in [0.2, 0.25) is 0 Å². The predicted octanol–water partition coefficient (Wildman–Crippen LogP) is 8.10. The molecule has 0 bridgehead atoms. The van der Waals surface area contributed by atoms with Crippen molar-refractivity contribution in [2.24, 2.45) is 0 Å². The minimum absolute atomic E-state index is 0.302. The maximum absolute atomic E-state index is 5.89. The van der Waals surface area contributed by atoms with Crippen LogP contribution in [0.4, 0.5) is 0 Å². The Labute approximate surface area is 179 Å². The average Bonchev–Trinajstić information content (AvgIpc) is 2.76. The molecule has 1 aromatic heterocycles. The van der Waals surface area contributed by atoms with Crippen LogP contribution in [0.15, 0.2) is 42.6 Å². The fourth-order valence-corrected chi connectivity index (χ4v) is 3.69. The molecular weight excluding hydrogens is 354 g/mol. The van der Waals surface area contributed by atoms with Gasteiger partial charge in [-0.15, -0.1) is 0 Å². The normalized spacial score (nSPS) is 12.1. The second kappa shape index (κ2) is 14.2. The third-order valence-electron chi connectivity index (χ3n) is 5.76. The molecule has 0 aliphatic carbocycles. The molecule has 29 heavy (non-hydrogen) atoms. The SMILES string of the molecule is CCCCCCCOc1ccc(C(C)c2ccc(CCCCCCC)cn2)cc1. The Hall–Kier alpha value is -1.83. The molecule has 0 radical (unpaired) electrons. The van der Waals surface area contributed by atoms with Crippen molar-refractivity contribution in [3.63, 3.8) is 0 Å². The lowest BCUT2D eigenvalue weighted by Crippen LogP contribution is -2.01. The number of rotatable bonds is 15. The largest absolute Gasteiger partial charge is 0.494 e. The summed E-state index contributed by atoms with van der Waals surface area (Å²) in [6.45, 7) is 7.56. The zero-order valence-corrected chi connectivity index (χ0v) is 19.0. The first-order valence-corrected chi connectivity index (χ1v) is 11.9. The second-order valence-corrected chi connectivity index (χ2v) is 8.31. The molecule has 0 amide bonds. The molecule has 2 rings (SSSR count). The molecule has 2 nitrogen and oxygen atoms in total. The maximum Gasteiger partial charge on any atom is 0.119 e. The van der Waals surface area contributed by atoms with Crippen LogP contribution in [0.5, 0.6) is 5.75 Å². The molecule has 0 N–H and O–H groups in total. The average molecular weight is 396 g/mol. The number of pyridine rings is 1. The summed E-state index contributed by atoms with van der Waals surface area (Å²) in [6.07, 6.45) is 16.2. The van der Waals surface area contributed by atoms with E-state index in [4.69, 9.17) is 9.72 Å². The smallest absolute Gasteiger partial charge is 0.119 e. The summed E-state index contributed by atoms with van der Waals surface area (Å²) >= 11 is 0. The summed E-state index contributed by atoms with van der Waals surface area (Å²) in [7, 11) is 0. The number of hydrogen-bond acceptors (Lipinski definition) is 2. The van der Waals surface area contributed by atoms with Crippen LogP contribution < -0.4 is 4.74 Å². The van der Waals surface area contributed by atoms with Gasteiger partial charge in [0.25, 0.3) is 0 Å². The summed E-state index contributed by atoms with van der Waals surface area (Å²) in [4.78, 5) is 4.75. The molecule has 160 valence electrons. The van der Waals surface area contributed by atoms with Crippen molar-refractivity contribution in [3.8, 4) is 5.75 Å². The summed E-state index contributed by atoms with van der Waals surface area (Å²) in [5.41, 5.74) is 3.80. The molecule has 0 aliphatic heterocycles. The Morgan fingerprint density at radius 3 is 2.03 bits per heavy atom. The quantitative estimate of drug-likeness (QED) is 0.284. The van der Waals surface area contributed by atoms with Crippen molar-refractivity contribution in [2.75, 3.05) is 6.61 Å². The lowest BCUT2D eigenvalue weighted by atomic mass is 9.96. The van der Waals surface area contributed by atoms with Crippen LogP contribution >= 0.6 is 0 Å². The van der Waals surface area contributed by atoms with Gasteiger partial charge in [0.05, 0.1) is 6.61 Å². The highest BCUT2D eigenvalue weighted by molar-refractivity contribution is 5.33. The summed E-state index contributed by atoms with van der Waals surface area (Å²) in [5, 5.41) is 0. The van der Waals surface area contributed by atoms with Crippen molar-refractivity contribution in [2.45, 2.75) is 97.3 Å². The summed E-state index contributed by atoms with van der Waals surface area (Å²) in [5.74, 6) is 1.28. The number of unbranched alkanes of at least 4 members (excludes halogenated alkanes) is 8. The van der Waals surface area contributed by atoms with Gasteiger partial charge in [0, 0.05) is 17.8 Å². The molecule has 1 atom stereocenters. The van der Waals surface area contributed by atoms with E-state index in [1.807, 2.05) is 0 Å². The molecule has 1 unspecified atom stereocenters. The number of aryl methyl sites for hydroxylation is 1. The van der Waals surface area contributed by atoms with E-state index in [1.165, 1.54) is 68.9 Å². The molecule has 2 heteroatoms. The minimum atomic E-state index is 0.302. The van der Waals surface area contributed by atoms with Gasteiger partial charge in [-0.2, -0.15) is 0 Å². The number of aromatic nitrogens is 1. The van der Waals surface area contributed by atoms with Gasteiger partial charge in [0.2, 0.25) is 0 Å². The minimum Gasteiger partial charge on any atom is -0.494 e. The van der Waals surface area contributed by atoms with Gasteiger partial charge in [0.1, 0.15) is 5.75 Å². The Bertz CT molecular complexity index is 647. The monoisotopic (exact) mass is 395 g/mol. The molecule has 2 aromatic rings. The number of benzene rings is 1. The fourth-order valence-electron chi connectivity index (χ4n) is 3.69.